The molecular formula is C16H16O5. The van der Waals surface area contributed by atoms with E-state index in [1.165, 1.54) is 13.2 Å². The number of aryl methyl sites for hydroxylation is 1. The Labute approximate surface area is 121 Å². The van der Waals surface area contributed by atoms with Gasteiger partial charge in [0.1, 0.15) is 17.6 Å². The zero-order valence-electron chi connectivity index (χ0n) is 11.8. The molecule has 0 saturated carbocycles. The number of ketones is 1. The van der Waals surface area contributed by atoms with Gasteiger partial charge < -0.3 is 20.1 Å². The fourth-order valence-electron chi connectivity index (χ4n) is 2.99. The number of hydrogen-bond acceptors (Lipinski definition) is 5. The van der Waals surface area contributed by atoms with E-state index in [0.29, 0.717) is 10.9 Å². The lowest BCUT2D eigenvalue weighted by atomic mass is 9.83. The average molecular weight is 288 g/mol. The molecule has 3 rings (SSSR count). The molecule has 0 aliphatic heterocycles. The van der Waals surface area contributed by atoms with Crippen LogP contribution in [0.2, 0.25) is 0 Å². The summed E-state index contributed by atoms with van der Waals surface area (Å²) < 4.78 is 5.06. The number of Topliss-reactive ketones (excluding diaryl/α,β-unsaturated/α-hetero) is 1. The van der Waals surface area contributed by atoms with Crippen LogP contribution < -0.4 is 0 Å². The van der Waals surface area contributed by atoms with Crippen LogP contribution in [0.5, 0.6) is 11.5 Å². The number of aliphatic hydroxyl groups is 1. The van der Waals surface area contributed by atoms with Gasteiger partial charge in [0.15, 0.2) is 5.78 Å². The van der Waals surface area contributed by atoms with E-state index in [1.54, 1.807) is 12.1 Å². The van der Waals surface area contributed by atoms with E-state index < -0.39 is 12.2 Å². The molecule has 1 aliphatic rings. The van der Waals surface area contributed by atoms with Crippen LogP contribution in [0, 0.1) is 6.92 Å². The number of hydrogen-bond donors (Lipinski definition) is 3. The summed E-state index contributed by atoms with van der Waals surface area (Å²) in [6.45, 7) is 1.82. The fraction of sp³-hybridized carbons (Fsp3) is 0.312. The maximum atomic E-state index is 12.4. The number of aliphatic hydroxyl groups excluding tert-OH is 1. The van der Waals surface area contributed by atoms with Crippen molar-refractivity contribution < 1.29 is 24.9 Å². The van der Waals surface area contributed by atoms with Gasteiger partial charge in [-0.1, -0.05) is 6.07 Å². The number of carbonyl (C=O) groups excluding carboxylic acids is 1. The minimum Gasteiger partial charge on any atom is -0.507 e. The third-order valence-corrected chi connectivity index (χ3v) is 3.99. The molecule has 2 atom stereocenters. The third-order valence-electron chi connectivity index (χ3n) is 3.99. The van der Waals surface area contributed by atoms with Crippen LogP contribution in [0.3, 0.4) is 0 Å². The van der Waals surface area contributed by atoms with E-state index in [-0.39, 0.29) is 34.7 Å². The molecule has 0 radical (unpaired) electrons. The molecule has 1 aliphatic carbocycles. The minimum atomic E-state index is -0.888. The standard InChI is InChI=1S/C16H16O5/c1-7-3-8-5-9-10(17)6-12(21-2)15(19)14(9)16(20)13(8)11(18)4-7/h3-5,10,12,17-18,20H,6H2,1-2H3/t10-,12+/m1/s1. The maximum absolute atomic E-state index is 12.4. The van der Waals surface area contributed by atoms with Crippen molar-refractivity contribution in [3.8, 4) is 11.5 Å². The summed E-state index contributed by atoms with van der Waals surface area (Å²) in [5.41, 5.74) is 1.24. The molecular weight excluding hydrogens is 272 g/mol. The first-order valence-electron chi connectivity index (χ1n) is 6.68. The number of phenolic OH excluding ortho intramolecular Hbond substituents is 2. The molecule has 0 amide bonds. The molecule has 0 heterocycles. The van der Waals surface area contributed by atoms with Crippen molar-refractivity contribution in [1.82, 2.24) is 0 Å². The maximum Gasteiger partial charge on any atom is 0.195 e. The Bertz CT molecular complexity index is 750. The number of ether oxygens (including phenoxy) is 1. The molecule has 5 heteroatoms. The van der Waals surface area contributed by atoms with E-state index in [4.69, 9.17) is 4.74 Å². The van der Waals surface area contributed by atoms with Gasteiger partial charge >= 0.3 is 0 Å². The van der Waals surface area contributed by atoms with Gasteiger partial charge in [0.05, 0.1) is 17.1 Å². The molecule has 0 bridgehead atoms. The first kappa shape index (κ1) is 13.9. The van der Waals surface area contributed by atoms with Crippen molar-refractivity contribution in [2.45, 2.75) is 25.6 Å². The van der Waals surface area contributed by atoms with Gasteiger partial charge in [-0.2, -0.15) is 0 Å². The second-order valence-electron chi connectivity index (χ2n) is 5.41. The molecule has 2 aromatic carbocycles. The van der Waals surface area contributed by atoms with Crippen molar-refractivity contribution in [3.05, 3.63) is 34.9 Å². The SMILES string of the molecule is CO[C@H]1C[C@@H](O)c2cc3cc(C)cc(O)c3c(O)c2C1=O. The van der Waals surface area contributed by atoms with Gasteiger partial charge in [0.25, 0.3) is 0 Å². The number of phenols is 2. The van der Waals surface area contributed by atoms with Crippen LogP contribution in [0.25, 0.3) is 10.8 Å². The highest BCUT2D eigenvalue weighted by Crippen LogP contribution is 2.43. The average Bonchev–Trinajstić information content (AvgIpc) is 2.41. The van der Waals surface area contributed by atoms with Crippen molar-refractivity contribution in [2.75, 3.05) is 7.11 Å². The number of fused-ring (bicyclic) bond motifs is 2. The number of aromatic hydroxyl groups is 2. The number of methoxy groups -OCH3 is 1. The monoisotopic (exact) mass is 288 g/mol. The second kappa shape index (κ2) is 4.72. The van der Waals surface area contributed by atoms with Gasteiger partial charge in [-0.15, -0.1) is 0 Å². The smallest absolute Gasteiger partial charge is 0.195 e. The Morgan fingerprint density at radius 2 is 1.95 bits per heavy atom. The summed E-state index contributed by atoms with van der Waals surface area (Å²) in [4.78, 5) is 12.4. The largest absolute Gasteiger partial charge is 0.507 e. The Balaban J connectivity index is 2.37. The van der Waals surface area contributed by atoms with Crippen LogP contribution in [0.1, 0.15) is 34.0 Å². The lowest BCUT2D eigenvalue weighted by molar-refractivity contribution is 0.0298. The molecule has 0 unspecified atom stereocenters. The number of benzene rings is 2. The Morgan fingerprint density at radius 1 is 1.24 bits per heavy atom. The molecule has 0 saturated heterocycles. The van der Waals surface area contributed by atoms with E-state index in [0.717, 1.165) is 5.56 Å². The molecule has 110 valence electrons. The molecule has 2 aromatic rings. The zero-order chi connectivity index (χ0) is 15.3. The molecule has 0 spiro atoms. The van der Waals surface area contributed by atoms with Crippen LogP contribution in [0.15, 0.2) is 18.2 Å². The summed E-state index contributed by atoms with van der Waals surface area (Å²) in [6, 6.07) is 4.95. The predicted octanol–water partition coefficient (Wildman–Crippen LogP) is 2.19. The molecule has 0 aromatic heterocycles. The van der Waals surface area contributed by atoms with Crippen molar-refractivity contribution in [1.29, 1.82) is 0 Å². The summed E-state index contributed by atoms with van der Waals surface area (Å²) in [5.74, 6) is -0.768. The van der Waals surface area contributed by atoms with Crippen LogP contribution in [-0.4, -0.2) is 34.3 Å². The Kier molecular flexibility index (Phi) is 3.11. The fourth-order valence-corrected chi connectivity index (χ4v) is 2.99. The van der Waals surface area contributed by atoms with Crippen LogP contribution in [0.4, 0.5) is 0 Å². The molecule has 0 fully saturated rings. The lowest BCUT2D eigenvalue weighted by Gasteiger charge is -2.27. The van der Waals surface area contributed by atoms with Gasteiger partial charge in [0, 0.05) is 13.5 Å². The first-order chi connectivity index (χ1) is 9.93. The second-order valence-corrected chi connectivity index (χ2v) is 5.41. The Morgan fingerprint density at radius 3 is 2.62 bits per heavy atom. The van der Waals surface area contributed by atoms with Gasteiger partial charge in [-0.05, 0) is 35.6 Å². The quantitative estimate of drug-likeness (QED) is 0.748. The highest BCUT2D eigenvalue weighted by Gasteiger charge is 2.36. The van der Waals surface area contributed by atoms with Crippen molar-refractivity contribution in [2.24, 2.45) is 0 Å². The van der Waals surface area contributed by atoms with E-state index in [2.05, 4.69) is 0 Å². The van der Waals surface area contributed by atoms with Gasteiger partial charge in [-0.3, -0.25) is 4.79 Å². The topological polar surface area (TPSA) is 87.0 Å². The van der Waals surface area contributed by atoms with Crippen molar-refractivity contribution in [3.63, 3.8) is 0 Å². The van der Waals surface area contributed by atoms with E-state index in [1.807, 2.05) is 6.92 Å². The van der Waals surface area contributed by atoms with E-state index in [9.17, 15) is 20.1 Å². The predicted molar refractivity (Wildman–Crippen MR) is 76.7 cm³/mol. The highest BCUT2D eigenvalue weighted by molar-refractivity contribution is 6.10. The normalized spacial score (nSPS) is 21.6. The van der Waals surface area contributed by atoms with Gasteiger partial charge in [-0.25, -0.2) is 0 Å². The van der Waals surface area contributed by atoms with Gasteiger partial charge in [0.2, 0.25) is 0 Å². The summed E-state index contributed by atoms with van der Waals surface area (Å²) in [7, 11) is 1.39. The summed E-state index contributed by atoms with van der Waals surface area (Å²) in [5, 5.41) is 31.5. The van der Waals surface area contributed by atoms with Crippen LogP contribution >= 0.6 is 0 Å². The number of rotatable bonds is 1. The number of carbonyl (C=O) groups is 1. The highest BCUT2D eigenvalue weighted by atomic mass is 16.5. The molecule has 21 heavy (non-hydrogen) atoms. The minimum absolute atomic E-state index is 0.0345. The first-order valence-corrected chi connectivity index (χ1v) is 6.68. The zero-order valence-corrected chi connectivity index (χ0v) is 11.8. The Hall–Kier alpha value is -2.11. The van der Waals surface area contributed by atoms with Crippen LogP contribution in [-0.2, 0) is 4.74 Å². The summed E-state index contributed by atoms with van der Waals surface area (Å²) >= 11 is 0. The third kappa shape index (κ3) is 1.97. The van der Waals surface area contributed by atoms with E-state index >= 15 is 0 Å². The molecule has 5 nitrogen and oxygen atoms in total. The van der Waals surface area contributed by atoms with Crippen molar-refractivity contribution >= 4 is 16.6 Å². The summed E-state index contributed by atoms with van der Waals surface area (Å²) in [6.07, 6.45) is -1.52. The lowest BCUT2D eigenvalue weighted by Crippen LogP contribution is -2.31. The molecule has 3 N–H and O–H groups in total.